The predicted octanol–water partition coefficient (Wildman–Crippen LogP) is 3.53. The van der Waals surface area contributed by atoms with E-state index < -0.39 is 15.6 Å². The minimum absolute atomic E-state index is 0.352. The van der Waals surface area contributed by atoms with Gasteiger partial charge in [-0.05, 0) is 36.6 Å². The third-order valence-corrected chi connectivity index (χ3v) is 4.25. The Morgan fingerprint density at radius 1 is 1.21 bits per heavy atom. The normalized spacial score (nSPS) is 13.5. The molecule has 0 fully saturated rings. The topological polar surface area (TPSA) is 46.2 Å². The summed E-state index contributed by atoms with van der Waals surface area (Å²) in [5.74, 6) is -2.87. The summed E-state index contributed by atoms with van der Waals surface area (Å²) in [6.45, 7) is 5.00. The summed E-state index contributed by atoms with van der Waals surface area (Å²) >= 11 is 0. The Bertz CT molecular complexity index is 486. The molecule has 0 saturated heterocycles. The molecule has 3 nitrogen and oxygen atoms in total. The molecular weight excluding hydrogens is 272 g/mol. The van der Waals surface area contributed by atoms with Gasteiger partial charge in [0.25, 0.3) is 0 Å². The van der Waals surface area contributed by atoms with Gasteiger partial charge in [0, 0.05) is 12.2 Å². The molecule has 6 heteroatoms. The van der Waals surface area contributed by atoms with Crippen molar-refractivity contribution in [1.29, 1.82) is 0 Å². The Balaban J connectivity index is 2.67. The SMILES string of the molecule is CCCC(C)CNc1ccc(S(=O)(=O)C(F)F)cc1. The first-order valence-electron chi connectivity index (χ1n) is 6.24. The molecule has 0 saturated carbocycles. The first kappa shape index (κ1) is 15.9. The van der Waals surface area contributed by atoms with E-state index in [1.54, 1.807) is 0 Å². The highest BCUT2D eigenvalue weighted by atomic mass is 32.2. The number of sulfone groups is 1. The maximum absolute atomic E-state index is 12.3. The zero-order valence-corrected chi connectivity index (χ0v) is 11.9. The maximum Gasteiger partial charge on any atom is 0.341 e. The van der Waals surface area contributed by atoms with Crippen LogP contribution < -0.4 is 5.32 Å². The van der Waals surface area contributed by atoms with Gasteiger partial charge in [0.05, 0.1) is 4.90 Å². The van der Waals surface area contributed by atoms with Gasteiger partial charge < -0.3 is 5.32 Å². The average Bonchev–Trinajstić information content (AvgIpc) is 2.37. The van der Waals surface area contributed by atoms with Crippen molar-refractivity contribution in [2.75, 3.05) is 11.9 Å². The number of anilines is 1. The standard InChI is InChI=1S/C13H19F2NO2S/c1-3-4-10(2)9-16-11-5-7-12(8-6-11)19(17,18)13(14)15/h5-8,10,13,16H,3-4,9H2,1-2H3. The average molecular weight is 291 g/mol. The van der Waals surface area contributed by atoms with Gasteiger partial charge in [0.1, 0.15) is 0 Å². The Morgan fingerprint density at radius 3 is 2.26 bits per heavy atom. The second-order valence-electron chi connectivity index (χ2n) is 4.60. The van der Waals surface area contributed by atoms with Crippen LogP contribution in [0.3, 0.4) is 0 Å². The van der Waals surface area contributed by atoms with Crippen LogP contribution in [0.5, 0.6) is 0 Å². The van der Waals surface area contributed by atoms with Gasteiger partial charge in [-0.2, -0.15) is 8.78 Å². The van der Waals surface area contributed by atoms with Crippen molar-refractivity contribution in [3.8, 4) is 0 Å². The largest absolute Gasteiger partial charge is 0.385 e. The van der Waals surface area contributed by atoms with Crippen LogP contribution in [0, 0.1) is 5.92 Å². The van der Waals surface area contributed by atoms with Crippen molar-refractivity contribution in [3.63, 3.8) is 0 Å². The highest BCUT2D eigenvalue weighted by molar-refractivity contribution is 7.91. The summed E-state index contributed by atoms with van der Waals surface area (Å²) in [6, 6.07) is 5.42. The molecule has 1 unspecified atom stereocenters. The van der Waals surface area contributed by atoms with Crippen molar-refractivity contribution >= 4 is 15.5 Å². The second-order valence-corrected chi connectivity index (χ2v) is 6.52. The molecule has 0 aromatic heterocycles. The molecule has 1 aromatic rings. The number of benzene rings is 1. The fraction of sp³-hybridized carbons (Fsp3) is 0.538. The number of rotatable bonds is 7. The summed E-state index contributed by atoms with van der Waals surface area (Å²) < 4.78 is 47.1. The van der Waals surface area contributed by atoms with E-state index in [2.05, 4.69) is 19.2 Å². The monoisotopic (exact) mass is 291 g/mol. The van der Waals surface area contributed by atoms with E-state index in [0.29, 0.717) is 5.92 Å². The molecule has 0 aliphatic rings. The Labute approximate surface area is 112 Å². The van der Waals surface area contributed by atoms with Gasteiger partial charge in [-0.25, -0.2) is 8.42 Å². The second kappa shape index (κ2) is 6.84. The lowest BCUT2D eigenvalue weighted by Crippen LogP contribution is -2.12. The fourth-order valence-electron chi connectivity index (χ4n) is 1.75. The van der Waals surface area contributed by atoms with Crippen LogP contribution in [0.4, 0.5) is 14.5 Å². The molecule has 0 radical (unpaired) electrons. The smallest absolute Gasteiger partial charge is 0.341 e. The molecule has 1 rings (SSSR count). The first-order valence-corrected chi connectivity index (χ1v) is 7.78. The maximum atomic E-state index is 12.3. The minimum atomic E-state index is -4.49. The number of hydrogen-bond donors (Lipinski definition) is 1. The minimum Gasteiger partial charge on any atom is -0.385 e. The number of alkyl halides is 2. The molecule has 1 aromatic carbocycles. The van der Waals surface area contributed by atoms with Gasteiger partial charge in [-0.15, -0.1) is 0 Å². The van der Waals surface area contributed by atoms with Crippen LogP contribution in [0.1, 0.15) is 26.7 Å². The summed E-state index contributed by atoms with van der Waals surface area (Å²) in [6.07, 6.45) is 2.21. The number of nitrogens with one attached hydrogen (secondary N) is 1. The lowest BCUT2D eigenvalue weighted by molar-refractivity contribution is 0.234. The van der Waals surface area contributed by atoms with Crippen molar-refractivity contribution < 1.29 is 17.2 Å². The Morgan fingerprint density at radius 2 is 1.79 bits per heavy atom. The van der Waals surface area contributed by atoms with Gasteiger partial charge in [0.2, 0.25) is 9.84 Å². The molecule has 1 atom stereocenters. The van der Waals surface area contributed by atoms with Crippen LogP contribution in [-0.2, 0) is 9.84 Å². The van der Waals surface area contributed by atoms with Crippen molar-refractivity contribution in [2.24, 2.45) is 5.92 Å². The molecule has 1 N–H and O–H groups in total. The van der Waals surface area contributed by atoms with Gasteiger partial charge in [0.15, 0.2) is 0 Å². The zero-order valence-electron chi connectivity index (χ0n) is 11.1. The first-order chi connectivity index (χ1) is 8.87. The highest BCUT2D eigenvalue weighted by Crippen LogP contribution is 2.20. The van der Waals surface area contributed by atoms with E-state index in [4.69, 9.17) is 0 Å². The predicted molar refractivity (Wildman–Crippen MR) is 72.2 cm³/mol. The molecule has 0 spiro atoms. The van der Waals surface area contributed by atoms with Crippen LogP contribution in [-0.4, -0.2) is 20.7 Å². The van der Waals surface area contributed by atoms with Crippen LogP contribution >= 0.6 is 0 Å². The summed E-state index contributed by atoms with van der Waals surface area (Å²) in [5.41, 5.74) is 0.733. The molecule has 0 aliphatic carbocycles. The summed E-state index contributed by atoms with van der Waals surface area (Å²) in [7, 11) is -4.49. The van der Waals surface area contributed by atoms with Crippen LogP contribution in [0.25, 0.3) is 0 Å². The van der Waals surface area contributed by atoms with Gasteiger partial charge >= 0.3 is 5.76 Å². The van der Waals surface area contributed by atoms with E-state index in [-0.39, 0.29) is 4.90 Å². The summed E-state index contributed by atoms with van der Waals surface area (Å²) in [4.78, 5) is -0.352. The van der Waals surface area contributed by atoms with E-state index in [0.717, 1.165) is 25.1 Å². The van der Waals surface area contributed by atoms with E-state index in [9.17, 15) is 17.2 Å². The number of hydrogen-bond acceptors (Lipinski definition) is 3. The van der Waals surface area contributed by atoms with Crippen LogP contribution in [0.2, 0.25) is 0 Å². The summed E-state index contributed by atoms with van der Waals surface area (Å²) in [5, 5.41) is 3.15. The van der Waals surface area contributed by atoms with Crippen molar-refractivity contribution in [2.45, 2.75) is 37.3 Å². The highest BCUT2D eigenvalue weighted by Gasteiger charge is 2.26. The molecule has 0 heterocycles. The molecule has 0 amide bonds. The molecule has 19 heavy (non-hydrogen) atoms. The molecule has 0 aliphatic heterocycles. The zero-order chi connectivity index (χ0) is 14.5. The number of halogens is 2. The van der Waals surface area contributed by atoms with Crippen LogP contribution in [0.15, 0.2) is 29.2 Å². The Hall–Kier alpha value is -1.17. The fourth-order valence-corrected chi connectivity index (χ4v) is 2.47. The van der Waals surface area contributed by atoms with Crippen molar-refractivity contribution in [3.05, 3.63) is 24.3 Å². The third-order valence-electron chi connectivity index (χ3n) is 2.85. The third kappa shape index (κ3) is 4.45. The van der Waals surface area contributed by atoms with Gasteiger partial charge in [-0.3, -0.25) is 0 Å². The lowest BCUT2D eigenvalue weighted by atomic mass is 10.1. The van der Waals surface area contributed by atoms with Crippen molar-refractivity contribution in [1.82, 2.24) is 0 Å². The van der Waals surface area contributed by atoms with E-state index in [1.165, 1.54) is 24.3 Å². The quantitative estimate of drug-likeness (QED) is 0.836. The van der Waals surface area contributed by atoms with E-state index in [1.807, 2.05) is 0 Å². The molecular formula is C13H19F2NO2S. The molecule has 0 bridgehead atoms. The molecule has 108 valence electrons. The van der Waals surface area contributed by atoms with E-state index >= 15 is 0 Å². The van der Waals surface area contributed by atoms with Gasteiger partial charge in [-0.1, -0.05) is 20.3 Å². The Kier molecular flexibility index (Phi) is 5.72. The lowest BCUT2D eigenvalue weighted by Gasteiger charge is -2.12.